The second kappa shape index (κ2) is 17.4. The molecule has 0 saturated heterocycles. The van der Waals surface area contributed by atoms with Crippen LogP contribution in [-0.2, 0) is 0 Å². The van der Waals surface area contributed by atoms with E-state index in [0.29, 0.717) is 33.5 Å². The molecule has 8 heteroatoms. The molecule has 0 atom stereocenters. The molecule has 0 saturated carbocycles. The van der Waals surface area contributed by atoms with E-state index < -0.39 is 0 Å². The van der Waals surface area contributed by atoms with Gasteiger partial charge >= 0.3 is 0 Å². The molecular weight excluding hydrogens is 881 g/mol. The lowest BCUT2D eigenvalue weighted by atomic mass is 9.99. The van der Waals surface area contributed by atoms with Gasteiger partial charge in [0.2, 0.25) is 0 Å². The van der Waals surface area contributed by atoms with Gasteiger partial charge < -0.3 is 9.13 Å². The molecule has 0 spiro atoms. The average molecular weight is 915 g/mol. The Morgan fingerprint density at radius 1 is 0.292 bits per heavy atom. The van der Waals surface area contributed by atoms with Crippen LogP contribution in [0.5, 0.6) is 0 Å². The molecule has 0 amide bonds. The van der Waals surface area contributed by atoms with Gasteiger partial charge in [-0.1, -0.05) is 72.8 Å². The predicted octanol–water partition coefficient (Wildman–Crippen LogP) is 15.0. The van der Waals surface area contributed by atoms with Crippen molar-refractivity contribution < 1.29 is 0 Å². The van der Waals surface area contributed by atoms with Gasteiger partial charge in [0.05, 0.1) is 85.5 Å². The Morgan fingerprint density at radius 3 is 0.958 bits per heavy atom. The summed E-state index contributed by atoms with van der Waals surface area (Å²) in [6.07, 6.45) is 3.55. The van der Waals surface area contributed by atoms with Crippen LogP contribution in [0, 0.1) is 56.7 Å². The minimum Gasteiger partial charge on any atom is -0.309 e. The van der Waals surface area contributed by atoms with Crippen LogP contribution < -0.4 is 0 Å². The molecule has 330 valence electrons. The summed E-state index contributed by atoms with van der Waals surface area (Å²) < 4.78 is 4.39. The van der Waals surface area contributed by atoms with E-state index in [2.05, 4.69) is 123 Å². The largest absolute Gasteiger partial charge is 0.309 e. The van der Waals surface area contributed by atoms with E-state index in [1.165, 1.54) is 0 Å². The van der Waals surface area contributed by atoms with Gasteiger partial charge in [0.25, 0.3) is 0 Å². The monoisotopic (exact) mass is 914 g/mol. The number of aromatic nitrogens is 3. The first-order valence-electron chi connectivity index (χ1n) is 23.1. The third-order valence-corrected chi connectivity index (χ3v) is 13.5. The van der Waals surface area contributed by atoms with Crippen LogP contribution in [0.3, 0.4) is 0 Å². The van der Waals surface area contributed by atoms with E-state index in [-0.39, 0.29) is 0 Å². The smallest absolute Gasteiger partial charge is 0.101 e. The van der Waals surface area contributed by atoms with Gasteiger partial charge in [-0.3, -0.25) is 4.98 Å². The molecule has 3 heterocycles. The van der Waals surface area contributed by atoms with Crippen molar-refractivity contribution in [2.24, 2.45) is 0 Å². The molecule has 8 nitrogen and oxygen atoms in total. The summed E-state index contributed by atoms with van der Waals surface area (Å²) >= 11 is 0. The third kappa shape index (κ3) is 7.17. The molecule has 72 heavy (non-hydrogen) atoms. The van der Waals surface area contributed by atoms with Crippen LogP contribution in [0.15, 0.2) is 207 Å². The summed E-state index contributed by atoms with van der Waals surface area (Å²) in [5.74, 6) is 0. The predicted molar refractivity (Wildman–Crippen MR) is 284 cm³/mol. The minimum absolute atomic E-state index is 0.447. The van der Waals surface area contributed by atoms with E-state index in [1.807, 2.05) is 91.0 Å². The first kappa shape index (κ1) is 42.5. The lowest BCUT2D eigenvalue weighted by Crippen LogP contribution is -2.04. The fourth-order valence-corrected chi connectivity index (χ4v) is 10.2. The molecule has 0 radical (unpaired) electrons. The number of benzene rings is 9. The highest BCUT2D eigenvalue weighted by molar-refractivity contribution is 6.14. The molecule has 0 aliphatic rings. The normalized spacial score (nSPS) is 11.0. The maximum atomic E-state index is 11.4. The number of fused-ring (bicyclic) bond motifs is 6. The molecule has 0 bridgehead atoms. The quantitative estimate of drug-likeness (QED) is 0.156. The van der Waals surface area contributed by atoms with E-state index in [4.69, 9.17) is 0 Å². The molecule has 0 aliphatic carbocycles. The fraction of sp³-hybridized carbons (Fsp3) is 0. The number of rotatable bonds is 7. The molecule has 3 aromatic heterocycles. The zero-order chi connectivity index (χ0) is 48.9. The maximum absolute atomic E-state index is 11.4. The van der Waals surface area contributed by atoms with Crippen LogP contribution in [0.2, 0.25) is 0 Å². The van der Waals surface area contributed by atoms with Gasteiger partial charge in [-0.15, -0.1) is 0 Å². The molecule has 0 N–H and O–H groups in total. The van der Waals surface area contributed by atoms with Crippen molar-refractivity contribution >= 4 is 43.6 Å². The molecule has 12 rings (SSSR count). The fourth-order valence-electron chi connectivity index (χ4n) is 10.2. The second-order valence-corrected chi connectivity index (χ2v) is 17.6. The summed E-state index contributed by atoms with van der Waals surface area (Å²) in [5.41, 5.74) is 17.0. The maximum Gasteiger partial charge on any atom is 0.101 e. The Bertz CT molecular complexity index is 4230. The van der Waals surface area contributed by atoms with E-state index in [1.54, 1.807) is 36.7 Å². The molecular formula is C64H34N8. The number of hydrogen-bond acceptors (Lipinski definition) is 6. The van der Waals surface area contributed by atoms with Gasteiger partial charge in [-0.25, -0.2) is 0 Å². The van der Waals surface area contributed by atoms with Crippen LogP contribution in [0.25, 0.3) is 111 Å². The summed E-state index contributed by atoms with van der Waals surface area (Å²) in [4.78, 5) is 4.40. The summed E-state index contributed by atoms with van der Waals surface area (Å²) in [5, 5.41) is 54.4. The van der Waals surface area contributed by atoms with Gasteiger partial charge in [0.15, 0.2) is 0 Å². The SMILES string of the molecule is N#Cc1cccc(-c2ccc3c(c2)c2cc(-c4cccc(C#N)c4)ccc2n3-c2cc(-c3ccncc3)c(-n3c4ccc(-c5cccc(C#N)c5)cc4c4cc(-c5cccc(C#N)c5)ccc43)cc2C#N)c1. The lowest BCUT2D eigenvalue weighted by Gasteiger charge is -2.19. The minimum atomic E-state index is 0.447. The topological polar surface area (TPSA) is 142 Å². The second-order valence-electron chi connectivity index (χ2n) is 17.6. The van der Waals surface area contributed by atoms with Gasteiger partial charge in [0, 0.05) is 39.5 Å². The van der Waals surface area contributed by atoms with Crippen LogP contribution in [0.1, 0.15) is 27.8 Å². The number of nitrogens with zero attached hydrogens (tertiary/aromatic N) is 8. The lowest BCUT2D eigenvalue weighted by molar-refractivity contribution is 1.13. The Hall–Kier alpha value is -10.8. The van der Waals surface area contributed by atoms with Crippen LogP contribution >= 0.6 is 0 Å². The Labute approximate surface area is 413 Å². The Balaban J connectivity index is 1.14. The third-order valence-electron chi connectivity index (χ3n) is 13.5. The van der Waals surface area contributed by atoms with Crippen LogP contribution in [0.4, 0.5) is 0 Å². The highest BCUT2D eigenvalue weighted by Crippen LogP contribution is 2.44. The van der Waals surface area contributed by atoms with Crippen molar-refractivity contribution in [2.75, 3.05) is 0 Å². The standard InChI is InChI=1S/C64H34N8/c65-35-40-5-1-9-45(25-40)49-13-17-59-55(29-49)56-30-50(46-10-2-6-41(26-46)36-66)14-18-60(56)71(59)63-34-54(44-21-23-70-24-22-44)64(33-53(63)39-69)72-61-19-15-51(47-11-3-7-42(27-47)37-67)31-57(61)58-32-52(16-20-62(58)72)48-12-4-8-43(28-48)38-68/h1-34H. The van der Waals surface area contributed by atoms with Crippen molar-refractivity contribution in [2.45, 2.75) is 0 Å². The summed E-state index contributed by atoms with van der Waals surface area (Å²) in [6.45, 7) is 0. The van der Waals surface area contributed by atoms with Crippen molar-refractivity contribution in [1.29, 1.82) is 26.3 Å². The first-order chi connectivity index (χ1) is 35.4. The molecule has 0 unspecified atom stereocenters. The highest BCUT2D eigenvalue weighted by atomic mass is 15.0. The highest BCUT2D eigenvalue weighted by Gasteiger charge is 2.23. The van der Waals surface area contributed by atoms with Crippen molar-refractivity contribution in [1.82, 2.24) is 14.1 Å². The van der Waals surface area contributed by atoms with Crippen molar-refractivity contribution in [3.8, 4) is 97.4 Å². The molecule has 0 aliphatic heterocycles. The van der Waals surface area contributed by atoms with Gasteiger partial charge in [-0.2, -0.15) is 26.3 Å². The van der Waals surface area contributed by atoms with Crippen molar-refractivity contribution in [3.63, 3.8) is 0 Å². The number of pyridine rings is 1. The zero-order valence-electron chi connectivity index (χ0n) is 38.2. The summed E-state index contributed by atoms with van der Waals surface area (Å²) in [7, 11) is 0. The van der Waals surface area contributed by atoms with Gasteiger partial charge in [-0.05, 0) is 171 Å². The van der Waals surface area contributed by atoms with E-state index >= 15 is 0 Å². The Kier molecular flexibility index (Phi) is 10.3. The molecule has 0 fully saturated rings. The number of hydrogen-bond donors (Lipinski definition) is 0. The molecule has 9 aromatic carbocycles. The first-order valence-corrected chi connectivity index (χ1v) is 23.1. The van der Waals surface area contributed by atoms with Gasteiger partial charge in [0.1, 0.15) is 6.07 Å². The molecule has 12 aromatic rings. The Morgan fingerprint density at radius 2 is 0.625 bits per heavy atom. The van der Waals surface area contributed by atoms with Crippen LogP contribution in [-0.4, -0.2) is 14.1 Å². The average Bonchev–Trinajstić information content (AvgIpc) is 3.96. The summed E-state index contributed by atoms with van der Waals surface area (Å²) in [6, 6.07) is 75.4. The van der Waals surface area contributed by atoms with E-state index in [9.17, 15) is 26.3 Å². The number of nitriles is 5. The van der Waals surface area contributed by atoms with E-state index in [0.717, 1.165) is 105 Å². The van der Waals surface area contributed by atoms with Crippen molar-refractivity contribution in [3.05, 3.63) is 234 Å². The zero-order valence-corrected chi connectivity index (χ0v) is 38.2.